The minimum absolute atomic E-state index is 0.0674. The Hall–Kier alpha value is -4.71. The van der Waals surface area contributed by atoms with Crippen molar-refractivity contribution in [2.24, 2.45) is 0 Å². The predicted molar refractivity (Wildman–Crippen MR) is 132 cm³/mol. The van der Waals surface area contributed by atoms with E-state index in [4.69, 9.17) is 0 Å². The number of nitrogens with zero attached hydrogens (tertiary/aromatic N) is 4. The van der Waals surface area contributed by atoms with Gasteiger partial charge in [0.15, 0.2) is 11.5 Å². The lowest BCUT2D eigenvalue weighted by Crippen LogP contribution is -2.18. The number of alkyl halides is 3. The van der Waals surface area contributed by atoms with Gasteiger partial charge in [0.2, 0.25) is 0 Å². The summed E-state index contributed by atoms with van der Waals surface area (Å²) in [5, 5.41) is 12.7. The van der Waals surface area contributed by atoms with Crippen LogP contribution in [0.5, 0.6) is 0 Å². The Balaban J connectivity index is 1.66. The molecule has 0 bridgehead atoms. The van der Waals surface area contributed by atoms with Gasteiger partial charge in [0.05, 0.1) is 34.8 Å². The SMILES string of the molecule is C[C@H](O)c1cnc2c(NC(=O)c3cc(-c4ncccn4)c(C(F)(F)F)cc3F)c(-c3ccc(F)cc3)ccn12. The zero-order valence-corrected chi connectivity index (χ0v) is 20.0. The first-order chi connectivity index (χ1) is 18.5. The first-order valence-corrected chi connectivity index (χ1v) is 11.5. The van der Waals surface area contributed by atoms with Crippen LogP contribution < -0.4 is 5.32 Å². The maximum absolute atomic E-state index is 15.0. The Kier molecular flexibility index (Phi) is 6.56. The first-order valence-electron chi connectivity index (χ1n) is 11.5. The number of amides is 1. The summed E-state index contributed by atoms with van der Waals surface area (Å²) < 4.78 is 71.3. The van der Waals surface area contributed by atoms with Crippen LogP contribution in [0.1, 0.15) is 34.6 Å². The van der Waals surface area contributed by atoms with Crippen LogP contribution in [0.2, 0.25) is 0 Å². The number of imidazole rings is 1. The number of aliphatic hydroxyl groups is 1. The predicted octanol–water partition coefficient (Wildman–Crippen LogP) is 6.06. The van der Waals surface area contributed by atoms with Crippen molar-refractivity contribution in [2.75, 3.05) is 5.32 Å². The van der Waals surface area contributed by atoms with Crippen LogP contribution in [0.4, 0.5) is 27.6 Å². The molecule has 0 unspecified atom stereocenters. The van der Waals surface area contributed by atoms with Crippen LogP contribution in [0, 0.1) is 11.6 Å². The van der Waals surface area contributed by atoms with Crippen molar-refractivity contribution in [3.8, 4) is 22.5 Å². The number of pyridine rings is 1. The van der Waals surface area contributed by atoms with Crippen molar-refractivity contribution >= 4 is 17.2 Å². The van der Waals surface area contributed by atoms with Crippen molar-refractivity contribution in [1.29, 1.82) is 0 Å². The Morgan fingerprint density at radius 1 is 1.00 bits per heavy atom. The van der Waals surface area contributed by atoms with Crippen LogP contribution in [0.25, 0.3) is 28.2 Å². The van der Waals surface area contributed by atoms with Gasteiger partial charge in [-0.2, -0.15) is 13.2 Å². The fraction of sp³-hybridized carbons (Fsp3) is 0.111. The van der Waals surface area contributed by atoms with E-state index in [-0.39, 0.29) is 23.2 Å². The summed E-state index contributed by atoms with van der Waals surface area (Å²) in [5.74, 6) is -3.33. The monoisotopic (exact) mass is 539 g/mol. The average Bonchev–Trinajstić information content (AvgIpc) is 3.34. The number of carbonyl (C=O) groups excluding carboxylic acids is 1. The van der Waals surface area contributed by atoms with Crippen LogP contribution in [-0.4, -0.2) is 30.4 Å². The number of fused-ring (bicyclic) bond motifs is 1. The molecule has 0 spiro atoms. The van der Waals surface area contributed by atoms with Crippen LogP contribution in [0.15, 0.2) is 73.3 Å². The molecule has 39 heavy (non-hydrogen) atoms. The van der Waals surface area contributed by atoms with Gasteiger partial charge >= 0.3 is 6.18 Å². The zero-order chi connectivity index (χ0) is 27.9. The van der Waals surface area contributed by atoms with E-state index in [9.17, 15) is 27.5 Å². The maximum Gasteiger partial charge on any atom is 0.417 e. The highest BCUT2D eigenvalue weighted by molar-refractivity contribution is 6.09. The van der Waals surface area contributed by atoms with Crippen molar-refractivity contribution in [2.45, 2.75) is 19.2 Å². The molecule has 0 aliphatic rings. The number of benzene rings is 2. The van der Waals surface area contributed by atoms with E-state index in [1.807, 2.05) is 0 Å². The van der Waals surface area contributed by atoms with Gasteiger partial charge in [-0.15, -0.1) is 0 Å². The molecule has 2 N–H and O–H groups in total. The van der Waals surface area contributed by atoms with E-state index in [0.29, 0.717) is 16.8 Å². The number of nitrogens with one attached hydrogen (secondary N) is 1. The molecule has 5 aromatic rings. The summed E-state index contributed by atoms with van der Waals surface area (Å²) in [7, 11) is 0. The topological polar surface area (TPSA) is 92.4 Å². The molecule has 0 saturated carbocycles. The van der Waals surface area contributed by atoms with Gasteiger partial charge in [0.25, 0.3) is 5.91 Å². The molecule has 12 heteroatoms. The molecule has 1 amide bonds. The first kappa shape index (κ1) is 25.9. The smallest absolute Gasteiger partial charge is 0.387 e. The van der Waals surface area contributed by atoms with E-state index < -0.39 is 46.5 Å². The fourth-order valence-corrected chi connectivity index (χ4v) is 4.16. The average molecular weight is 539 g/mol. The second-order valence-corrected chi connectivity index (χ2v) is 8.57. The van der Waals surface area contributed by atoms with Crippen LogP contribution >= 0.6 is 0 Å². The molecule has 198 valence electrons. The summed E-state index contributed by atoms with van der Waals surface area (Å²) in [6.07, 6.45) is -0.464. The second kappa shape index (κ2) is 9.87. The lowest BCUT2D eigenvalue weighted by molar-refractivity contribution is -0.137. The fourth-order valence-electron chi connectivity index (χ4n) is 4.16. The third kappa shape index (κ3) is 4.93. The standard InChI is InChI=1S/C27H18F5N5O2/c1-14(38)22-13-35-25-23(17(7-10-37(22)25)15-3-5-16(28)6-4-15)36-26(39)19-11-18(24-33-8-2-9-34-24)20(12-21(19)29)27(30,31)32/h2-14,38H,1H3,(H,36,39)/t14-/m0/s1. The van der Waals surface area contributed by atoms with Gasteiger partial charge < -0.3 is 10.4 Å². The van der Waals surface area contributed by atoms with Crippen molar-refractivity contribution in [3.05, 3.63) is 102 Å². The number of anilines is 1. The van der Waals surface area contributed by atoms with Gasteiger partial charge in [0, 0.05) is 29.7 Å². The van der Waals surface area contributed by atoms with Gasteiger partial charge in [-0.3, -0.25) is 9.20 Å². The number of carbonyl (C=O) groups is 1. The molecule has 3 heterocycles. The molecule has 0 saturated heterocycles. The van der Waals surface area contributed by atoms with E-state index in [2.05, 4.69) is 20.3 Å². The van der Waals surface area contributed by atoms with Crippen molar-refractivity contribution in [1.82, 2.24) is 19.4 Å². The highest BCUT2D eigenvalue weighted by Crippen LogP contribution is 2.38. The number of aromatic nitrogens is 4. The van der Waals surface area contributed by atoms with Gasteiger partial charge in [0.1, 0.15) is 11.6 Å². The summed E-state index contributed by atoms with van der Waals surface area (Å²) in [5.41, 5.74) is -1.15. The zero-order valence-electron chi connectivity index (χ0n) is 20.0. The number of halogens is 5. The molecule has 0 aliphatic heterocycles. The summed E-state index contributed by atoms with van der Waals surface area (Å²) in [6.45, 7) is 1.51. The molecular weight excluding hydrogens is 521 g/mol. The van der Waals surface area contributed by atoms with E-state index in [1.165, 1.54) is 60.2 Å². The molecule has 0 radical (unpaired) electrons. The normalized spacial score (nSPS) is 12.5. The molecule has 1 atom stereocenters. The summed E-state index contributed by atoms with van der Waals surface area (Å²) in [4.78, 5) is 25.3. The minimum atomic E-state index is -4.95. The van der Waals surface area contributed by atoms with Crippen LogP contribution in [0.3, 0.4) is 0 Å². The van der Waals surface area contributed by atoms with Crippen molar-refractivity contribution in [3.63, 3.8) is 0 Å². The quantitative estimate of drug-likeness (QED) is 0.265. The molecule has 5 rings (SSSR count). The Morgan fingerprint density at radius 3 is 2.33 bits per heavy atom. The van der Waals surface area contributed by atoms with Gasteiger partial charge in [-0.1, -0.05) is 12.1 Å². The lowest BCUT2D eigenvalue weighted by Gasteiger charge is -2.16. The van der Waals surface area contributed by atoms with E-state index in [1.54, 1.807) is 12.3 Å². The Bertz CT molecular complexity index is 1680. The molecule has 2 aromatic carbocycles. The molecule has 0 fully saturated rings. The van der Waals surface area contributed by atoms with Crippen LogP contribution in [-0.2, 0) is 6.18 Å². The lowest BCUT2D eigenvalue weighted by atomic mass is 10.0. The second-order valence-electron chi connectivity index (χ2n) is 8.57. The summed E-state index contributed by atoms with van der Waals surface area (Å²) in [6, 6.07) is 9.28. The molecule has 7 nitrogen and oxygen atoms in total. The maximum atomic E-state index is 15.0. The minimum Gasteiger partial charge on any atom is -0.387 e. The Labute approximate surface area is 217 Å². The summed E-state index contributed by atoms with van der Waals surface area (Å²) >= 11 is 0. The largest absolute Gasteiger partial charge is 0.417 e. The highest BCUT2D eigenvalue weighted by atomic mass is 19.4. The molecular formula is C27H18F5N5O2. The Morgan fingerprint density at radius 2 is 1.69 bits per heavy atom. The number of hydrogen-bond acceptors (Lipinski definition) is 5. The number of hydrogen-bond donors (Lipinski definition) is 2. The number of aliphatic hydroxyl groups excluding tert-OH is 1. The molecule has 0 aliphatic carbocycles. The third-order valence-corrected chi connectivity index (χ3v) is 5.99. The number of rotatable bonds is 5. The van der Waals surface area contributed by atoms with E-state index >= 15 is 4.39 Å². The van der Waals surface area contributed by atoms with Crippen molar-refractivity contribution < 1.29 is 31.9 Å². The highest BCUT2D eigenvalue weighted by Gasteiger charge is 2.36. The third-order valence-electron chi connectivity index (χ3n) is 5.99. The molecule has 3 aromatic heterocycles. The van der Waals surface area contributed by atoms with E-state index in [0.717, 1.165) is 6.07 Å². The van der Waals surface area contributed by atoms with Gasteiger partial charge in [-0.25, -0.2) is 23.7 Å². The van der Waals surface area contributed by atoms with Gasteiger partial charge in [-0.05, 0) is 48.9 Å².